The topological polar surface area (TPSA) is 52.1 Å². The lowest BCUT2D eigenvalue weighted by Gasteiger charge is -2.39. The Balaban J connectivity index is 0.000000189. The van der Waals surface area contributed by atoms with Gasteiger partial charge in [0.05, 0.1) is 31.6 Å². The maximum Gasteiger partial charge on any atom is 0.0705 e. The Morgan fingerprint density at radius 1 is 0.787 bits per heavy atom. The van der Waals surface area contributed by atoms with Crippen LogP contribution in [0.15, 0.2) is 109 Å². The molecule has 47 heavy (non-hydrogen) atoms. The second kappa shape index (κ2) is 18.8. The minimum absolute atomic E-state index is 0.0909. The molecule has 1 aromatic heterocycles. The highest BCUT2D eigenvalue weighted by Crippen LogP contribution is 2.30. The van der Waals surface area contributed by atoms with Crippen molar-refractivity contribution in [1.29, 1.82) is 0 Å². The molecule has 1 N–H and O–H groups in total. The summed E-state index contributed by atoms with van der Waals surface area (Å²) in [7, 11) is 0. The normalized spacial score (nSPS) is 16.9. The third kappa shape index (κ3) is 10.8. The first-order valence-corrected chi connectivity index (χ1v) is 17.3. The quantitative estimate of drug-likeness (QED) is 0.167. The zero-order valence-electron chi connectivity index (χ0n) is 27.7. The SMILES string of the molecule is Cc1ccc(/C(=C\CN2CCCC2)c2ccccn2)cc1.OCCOCCN1CCN(C(c2ccccc2)c2ccc(Cl)cc2)CC1. The van der Waals surface area contributed by atoms with E-state index in [1.165, 1.54) is 53.8 Å². The molecule has 7 heteroatoms. The number of ether oxygens (including phenoxy) is 1. The average molecular weight is 653 g/mol. The number of halogens is 1. The van der Waals surface area contributed by atoms with Gasteiger partial charge in [0, 0.05) is 56.1 Å². The van der Waals surface area contributed by atoms with Gasteiger partial charge in [-0.2, -0.15) is 0 Å². The number of hydrogen-bond acceptors (Lipinski definition) is 6. The number of aliphatic hydroxyl groups is 1. The van der Waals surface area contributed by atoms with Crippen molar-refractivity contribution < 1.29 is 9.84 Å². The molecule has 2 aliphatic rings. The summed E-state index contributed by atoms with van der Waals surface area (Å²) in [6.45, 7) is 11.8. The van der Waals surface area contributed by atoms with Crippen LogP contribution < -0.4 is 0 Å². The van der Waals surface area contributed by atoms with Crippen molar-refractivity contribution in [2.45, 2.75) is 25.8 Å². The summed E-state index contributed by atoms with van der Waals surface area (Å²) in [4.78, 5) is 12.0. The Morgan fingerprint density at radius 3 is 2.13 bits per heavy atom. The number of aliphatic hydroxyl groups excluding tert-OH is 1. The van der Waals surface area contributed by atoms with E-state index in [4.69, 9.17) is 21.4 Å². The van der Waals surface area contributed by atoms with Crippen molar-refractivity contribution in [2.75, 3.05) is 72.2 Å². The minimum Gasteiger partial charge on any atom is -0.394 e. The summed E-state index contributed by atoms with van der Waals surface area (Å²) in [5, 5.41) is 9.55. The molecule has 0 bridgehead atoms. The minimum atomic E-state index is 0.0909. The van der Waals surface area contributed by atoms with Crippen LogP contribution in [0.2, 0.25) is 5.02 Å². The number of pyridine rings is 1. The monoisotopic (exact) mass is 652 g/mol. The number of rotatable bonds is 12. The van der Waals surface area contributed by atoms with Crippen LogP contribution in [-0.2, 0) is 4.74 Å². The molecule has 1 unspecified atom stereocenters. The maximum absolute atomic E-state index is 8.78. The van der Waals surface area contributed by atoms with E-state index in [1.54, 1.807) is 0 Å². The van der Waals surface area contributed by atoms with Crippen LogP contribution in [0.4, 0.5) is 0 Å². The van der Waals surface area contributed by atoms with Gasteiger partial charge in [0.15, 0.2) is 0 Å². The molecule has 4 aromatic rings. The number of aromatic nitrogens is 1. The van der Waals surface area contributed by atoms with Gasteiger partial charge < -0.3 is 9.84 Å². The van der Waals surface area contributed by atoms with E-state index in [0.29, 0.717) is 13.2 Å². The van der Waals surface area contributed by atoms with Crippen LogP contribution in [0.5, 0.6) is 0 Å². The number of aryl methyl sites for hydroxylation is 1. The smallest absolute Gasteiger partial charge is 0.0705 e. The van der Waals surface area contributed by atoms with Gasteiger partial charge in [0.25, 0.3) is 0 Å². The summed E-state index contributed by atoms with van der Waals surface area (Å²) in [5.74, 6) is 0. The molecule has 2 aliphatic heterocycles. The number of likely N-dealkylation sites (tertiary alicyclic amines) is 1. The highest BCUT2D eigenvalue weighted by molar-refractivity contribution is 6.30. The Kier molecular flexibility index (Phi) is 14.0. The van der Waals surface area contributed by atoms with E-state index in [9.17, 15) is 0 Å². The van der Waals surface area contributed by atoms with Crippen molar-refractivity contribution in [3.05, 3.63) is 142 Å². The molecule has 2 saturated heterocycles. The number of benzene rings is 3. The molecule has 3 aromatic carbocycles. The Bertz CT molecular complexity index is 1470. The van der Waals surface area contributed by atoms with Crippen LogP contribution in [0, 0.1) is 6.92 Å². The van der Waals surface area contributed by atoms with Gasteiger partial charge in [0.1, 0.15) is 0 Å². The zero-order chi connectivity index (χ0) is 32.7. The highest BCUT2D eigenvalue weighted by atomic mass is 35.5. The number of nitrogens with zero attached hydrogens (tertiary/aromatic N) is 4. The Morgan fingerprint density at radius 2 is 1.47 bits per heavy atom. The fraction of sp³-hybridized carbons (Fsp3) is 0.375. The van der Waals surface area contributed by atoms with Crippen molar-refractivity contribution in [3.63, 3.8) is 0 Å². The number of piperazine rings is 1. The summed E-state index contributed by atoms with van der Waals surface area (Å²) >= 11 is 6.09. The zero-order valence-corrected chi connectivity index (χ0v) is 28.4. The van der Waals surface area contributed by atoms with E-state index in [1.807, 2.05) is 24.4 Å². The second-order valence-electron chi connectivity index (χ2n) is 12.3. The lowest BCUT2D eigenvalue weighted by Crippen LogP contribution is -2.48. The average Bonchev–Trinajstić information content (AvgIpc) is 3.64. The van der Waals surface area contributed by atoms with Gasteiger partial charge in [-0.3, -0.25) is 19.7 Å². The first-order valence-electron chi connectivity index (χ1n) is 17.0. The lowest BCUT2D eigenvalue weighted by atomic mass is 9.96. The second-order valence-corrected chi connectivity index (χ2v) is 12.7. The van der Waals surface area contributed by atoms with Crippen molar-refractivity contribution in [1.82, 2.24) is 19.7 Å². The third-order valence-corrected chi connectivity index (χ3v) is 9.17. The van der Waals surface area contributed by atoms with E-state index < -0.39 is 0 Å². The van der Waals surface area contributed by atoms with Gasteiger partial charge in [-0.15, -0.1) is 0 Å². The maximum atomic E-state index is 8.78. The van der Waals surface area contributed by atoms with Gasteiger partial charge in [-0.05, 0) is 73.8 Å². The summed E-state index contributed by atoms with van der Waals surface area (Å²) < 4.78 is 5.39. The Labute approximate surface area is 286 Å². The standard InChI is InChI=1S/C21H27ClN2O2.C19H22N2/c22-20-8-6-19(7-9-20)21(18-4-2-1-3-5-18)24-12-10-23(11-13-24)14-16-26-17-15-25;1-16-7-9-17(10-8-16)18(19-6-2-3-12-20-19)11-15-21-13-4-5-14-21/h1-9,21,25H,10-17H2;2-3,6-12H,4-5,13-15H2,1H3/b;18-11+. The van der Waals surface area contributed by atoms with Gasteiger partial charge in [0.2, 0.25) is 0 Å². The lowest BCUT2D eigenvalue weighted by molar-refractivity contribution is 0.0522. The van der Waals surface area contributed by atoms with Crippen LogP contribution >= 0.6 is 11.6 Å². The van der Waals surface area contributed by atoms with Gasteiger partial charge in [-0.25, -0.2) is 0 Å². The molecule has 2 fully saturated rings. The fourth-order valence-corrected chi connectivity index (χ4v) is 6.44. The van der Waals surface area contributed by atoms with Crippen LogP contribution in [0.3, 0.4) is 0 Å². The van der Waals surface area contributed by atoms with Crippen LogP contribution in [-0.4, -0.2) is 97.0 Å². The van der Waals surface area contributed by atoms with Crippen LogP contribution in [0.25, 0.3) is 5.57 Å². The summed E-state index contributed by atoms with van der Waals surface area (Å²) in [6.07, 6.45) is 6.86. The summed E-state index contributed by atoms with van der Waals surface area (Å²) in [6, 6.07) is 34.0. The first-order chi connectivity index (χ1) is 23.1. The largest absolute Gasteiger partial charge is 0.394 e. The molecular weight excluding hydrogens is 604 g/mol. The molecule has 248 valence electrons. The summed E-state index contributed by atoms with van der Waals surface area (Å²) in [5.41, 5.74) is 7.43. The fourth-order valence-electron chi connectivity index (χ4n) is 6.31. The first kappa shape index (κ1) is 35.0. The molecular formula is C40H49ClN4O2. The molecule has 6 nitrogen and oxygen atoms in total. The van der Waals surface area contributed by atoms with Crippen molar-refractivity contribution >= 4 is 17.2 Å². The third-order valence-electron chi connectivity index (χ3n) is 8.92. The molecule has 0 saturated carbocycles. The van der Waals surface area contributed by atoms with Crippen LogP contribution in [0.1, 0.15) is 46.8 Å². The predicted molar refractivity (Wildman–Crippen MR) is 194 cm³/mol. The van der Waals surface area contributed by atoms with Gasteiger partial charge in [-0.1, -0.05) is 96.0 Å². The molecule has 1 atom stereocenters. The van der Waals surface area contributed by atoms with Gasteiger partial charge >= 0.3 is 0 Å². The molecule has 0 spiro atoms. The molecule has 3 heterocycles. The molecule has 6 rings (SSSR count). The van der Waals surface area contributed by atoms with Crippen molar-refractivity contribution in [2.24, 2.45) is 0 Å². The molecule has 0 amide bonds. The number of hydrogen-bond donors (Lipinski definition) is 1. The van der Waals surface area contributed by atoms with Crippen molar-refractivity contribution in [3.8, 4) is 0 Å². The van der Waals surface area contributed by atoms with E-state index in [0.717, 1.165) is 50.0 Å². The molecule has 0 aliphatic carbocycles. The molecule has 0 radical (unpaired) electrons. The van der Waals surface area contributed by atoms with E-state index in [2.05, 4.69) is 112 Å². The van der Waals surface area contributed by atoms with E-state index >= 15 is 0 Å². The predicted octanol–water partition coefficient (Wildman–Crippen LogP) is 6.97. The highest BCUT2D eigenvalue weighted by Gasteiger charge is 2.26. The van der Waals surface area contributed by atoms with E-state index in [-0.39, 0.29) is 12.6 Å². The Hall–Kier alpha value is -3.36.